The predicted octanol–water partition coefficient (Wildman–Crippen LogP) is 7.35. The molecule has 4 unspecified atom stereocenters. The van der Waals surface area contributed by atoms with Crippen LogP contribution >= 0.6 is 0 Å². The first-order chi connectivity index (χ1) is 21.3. The quantitative estimate of drug-likeness (QED) is 0.272. The smallest absolute Gasteiger partial charge is 0.307 e. The van der Waals surface area contributed by atoms with E-state index in [2.05, 4.69) is 13.2 Å². The van der Waals surface area contributed by atoms with Gasteiger partial charge < -0.3 is 14.9 Å². The summed E-state index contributed by atoms with van der Waals surface area (Å²) in [4.78, 5) is 23.2. The normalized spacial score (nSPS) is 33.2. The van der Waals surface area contributed by atoms with E-state index in [1.807, 2.05) is 46.8 Å². The lowest BCUT2D eigenvalue weighted by atomic mass is 9.79. The van der Waals surface area contributed by atoms with Crippen molar-refractivity contribution in [1.29, 1.82) is 0 Å². The average molecular weight is 444 g/mol. The van der Waals surface area contributed by atoms with Gasteiger partial charge in [0.15, 0.2) is 0 Å². The lowest BCUT2D eigenvalue weighted by molar-refractivity contribution is -0.159. The van der Waals surface area contributed by atoms with Crippen LogP contribution in [0.25, 0.3) is 0 Å². The zero-order chi connectivity index (χ0) is 38.5. The Morgan fingerprint density at radius 1 is 1.17 bits per heavy atom. The first-order valence-corrected chi connectivity index (χ1v) is 10.7. The number of carbonyl (C=O) groups is 2. The summed E-state index contributed by atoms with van der Waals surface area (Å²) in [5.41, 5.74) is -1.19. The van der Waals surface area contributed by atoms with Gasteiger partial charge in [-0.15, -0.1) is 13.2 Å². The lowest BCUT2D eigenvalue weighted by Gasteiger charge is -2.26. The molecule has 2 N–H and O–H groups in total. The van der Waals surface area contributed by atoms with Crippen molar-refractivity contribution in [3.8, 4) is 0 Å². The highest BCUT2D eigenvalue weighted by molar-refractivity contribution is 5.79. The molecule has 0 aliphatic heterocycles. The van der Waals surface area contributed by atoms with Gasteiger partial charge in [0.05, 0.1) is 17.9 Å². The number of hydrogen-bond acceptors (Lipinski definition) is 4. The Balaban J connectivity index is -0.0000000631. The summed E-state index contributed by atoms with van der Waals surface area (Å²) >= 11 is 0. The molecule has 0 aromatic carbocycles. The van der Waals surface area contributed by atoms with Crippen LogP contribution in [0, 0.1) is 23.2 Å². The second-order valence-electron chi connectivity index (χ2n) is 10.1. The highest BCUT2D eigenvalue weighted by atomic mass is 16.6. The molecule has 184 valence electrons. The summed E-state index contributed by atoms with van der Waals surface area (Å²) in [6, 6.07) is 0. The second-order valence-corrected chi connectivity index (χ2v) is 10.1. The molecular formula is C24H58O5. The summed E-state index contributed by atoms with van der Waals surface area (Å²) in [5, 5.41) is 18.5. The van der Waals surface area contributed by atoms with Crippen LogP contribution in [0.1, 0.15) is 105 Å². The van der Waals surface area contributed by atoms with Crippen LogP contribution in [0.4, 0.5) is 0 Å². The third-order valence-corrected chi connectivity index (χ3v) is 6.23. The zero-order valence-electron chi connectivity index (χ0n) is 34.9. The molecular weight excluding hydrogens is 368 g/mol. The van der Waals surface area contributed by atoms with Crippen molar-refractivity contribution in [2.75, 3.05) is 0 Å². The van der Waals surface area contributed by atoms with Crippen LogP contribution in [0.3, 0.4) is 0 Å². The van der Waals surface area contributed by atoms with Crippen molar-refractivity contribution in [2.24, 2.45) is 23.2 Å². The molecule has 2 aliphatic rings. The third kappa shape index (κ3) is 8.33. The van der Waals surface area contributed by atoms with Gasteiger partial charge in [-0.2, -0.15) is 0 Å². The molecule has 5 nitrogen and oxygen atoms in total. The Bertz CT molecular complexity index is 645. The molecule has 5 atom stereocenters. The van der Waals surface area contributed by atoms with Gasteiger partial charge >= 0.3 is 11.9 Å². The Morgan fingerprint density at radius 3 is 2.03 bits per heavy atom. The summed E-state index contributed by atoms with van der Waals surface area (Å²) < 4.78 is 85.5. The number of carbonyl (C=O) groups excluding carboxylic acids is 1. The van der Waals surface area contributed by atoms with E-state index in [4.69, 9.17) is 28.5 Å². The van der Waals surface area contributed by atoms with Crippen molar-refractivity contribution >= 4 is 11.9 Å². The van der Waals surface area contributed by atoms with Gasteiger partial charge in [0.2, 0.25) is 0 Å². The van der Waals surface area contributed by atoms with Crippen molar-refractivity contribution in [3.05, 3.63) is 25.3 Å². The molecule has 2 aliphatic carbocycles. The summed E-state index contributed by atoms with van der Waals surface area (Å²) in [5.74, 6) is -1.14. The Morgan fingerprint density at radius 2 is 1.66 bits per heavy atom. The van der Waals surface area contributed by atoms with E-state index in [9.17, 15) is 19.8 Å². The molecule has 2 fully saturated rings. The van der Waals surface area contributed by atoms with Gasteiger partial charge in [-0.3, -0.25) is 9.59 Å². The highest BCUT2D eigenvalue weighted by Crippen LogP contribution is 2.50. The molecule has 2 rings (SSSR count). The first-order valence-electron chi connectivity index (χ1n) is 18.7. The van der Waals surface area contributed by atoms with E-state index in [0.29, 0.717) is 11.8 Å². The number of ether oxygens (including phenoxy) is 1. The molecule has 0 heterocycles. The summed E-state index contributed by atoms with van der Waals surface area (Å²) in [7, 11) is 0. The number of carboxylic acid groups (broad SMARTS) is 1. The van der Waals surface area contributed by atoms with Gasteiger partial charge in [0, 0.05) is 31.1 Å². The summed E-state index contributed by atoms with van der Waals surface area (Å²) in [6.07, 6.45) is 9.59. The number of aliphatic hydroxyl groups is 1. The third-order valence-electron chi connectivity index (χ3n) is 6.23. The highest BCUT2D eigenvalue weighted by Gasteiger charge is 2.53. The van der Waals surface area contributed by atoms with E-state index in [0.717, 1.165) is 38.5 Å². The van der Waals surface area contributed by atoms with Crippen LogP contribution in [0.15, 0.2) is 25.3 Å². The van der Waals surface area contributed by atoms with Gasteiger partial charge in [-0.25, -0.2) is 0 Å². The molecule has 2 saturated carbocycles. The Labute approximate surface area is 202 Å². The monoisotopic (exact) mass is 444 g/mol. The fourth-order valence-electron chi connectivity index (χ4n) is 3.69. The molecule has 0 saturated heterocycles. The van der Waals surface area contributed by atoms with Crippen LogP contribution in [0.5, 0.6) is 0 Å². The van der Waals surface area contributed by atoms with Crippen LogP contribution in [-0.2, 0) is 14.3 Å². The number of allylic oxidation sites excluding steroid dienone is 2. The fourth-order valence-corrected chi connectivity index (χ4v) is 3.69. The minimum absolute atomic E-state index is 0. The van der Waals surface area contributed by atoms with Gasteiger partial charge in [-0.1, -0.05) is 32.9 Å². The average Bonchev–Trinajstić information content (AvgIpc) is 3.92. The van der Waals surface area contributed by atoms with Crippen molar-refractivity contribution < 1.29 is 49.7 Å². The standard InChI is InChI=1S/C16H26O4.C8H14O.9H2/c1-6-7-8-11-10-16(11,5)20-13(17)9-12(14(18)19)15(2,3)4;1-3-4-5-7-6-8(7,2)9;;;;;;;;;/h6,11-12H,1,7-10H2,2-5H3,(H,18,19);3,7,9H,1,4-6H2,2H3;9*1H/t11?,12-,16?;;;;;;;;;;/m1........../s1/i;;8*1+1D;1+1. The van der Waals surface area contributed by atoms with Crippen LogP contribution < -0.4 is 0 Å². The number of hydrogen-bond donors (Lipinski definition) is 2. The fraction of sp³-hybridized carbons (Fsp3) is 0.750. The molecule has 0 aromatic rings. The van der Waals surface area contributed by atoms with E-state index in [1.54, 1.807) is 0 Å². The lowest BCUT2D eigenvalue weighted by Crippen LogP contribution is -2.32. The maximum atomic E-state index is 12.0. The molecule has 0 amide bonds. The second kappa shape index (κ2) is 9.92. The number of esters is 1. The van der Waals surface area contributed by atoms with Crippen LogP contribution in [-0.4, -0.2) is 33.4 Å². The SMILES string of the molecule is C=CCCC1CC1(C)O.C=CCCC1CC1(C)OC(=O)C[C@H](C(=O)O)C(C)(C)C.[2HH].[2H][2H].[2H][2H].[2H][2H].[2H][2H].[2H][2H].[2H][2H].[2H][2H].[2H][2H]. The maximum absolute atomic E-state index is 12.0. The molecule has 0 spiro atoms. The van der Waals surface area contributed by atoms with Gasteiger partial charge in [0.1, 0.15) is 5.60 Å². The largest absolute Gasteiger partial charge is 0.481 e. The zero-order valence-corrected chi connectivity index (χ0v) is 18.9. The van der Waals surface area contributed by atoms with E-state index in [1.165, 1.54) is 0 Å². The van der Waals surface area contributed by atoms with Gasteiger partial charge in [0.25, 0.3) is 0 Å². The Hall–Kier alpha value is -1.62. The van der Waals surface area contributed by atoms with Crippen LogP contribution in [0.2, 0.25) is 0 Å². The number of aliphatic carboxylic acids is 1. The molecule has 0 aromatic heterocycles. The van der Waals surface area contributed by atoms with E-state index in [-0.39, 0.29) is 13.4 Å². The summed E-state index contributed by atoms with van der Waals surface area (Å²) in [6.45, 7) is 16.6. The van der Waals surface area contributed by atoms with Crippen molar-refractivity contribution in [1.82, 2.24) is 0 Å². The molecule has 0 radical (unpaired) electrons. The minimum atomic E-state index is -0.946. The topological polar surface area (TPSA) is 83.8 Å². The predicted molar refractivity (Wildman–Crippen MR) is 134 cm³/mol. The van der Waals surface area contributed by atoms with E-state index < -0.39 is 28.9 Å². The van der Waals surface area contributed by atoms with Gasteiger partial charge in [-0.05, 0) is 63.7 Å². The maximum Gasteiger partial charge on any atom is 0.307 e. The Kier molecular flexibility index (Phi) is 5.21. The van der Waals surface area contributed by atoms with Crippen molar-refractivity contribution in [3.63, 3.8) is 0 Å². The first kappa shape index (κ1) is 15.2. The van der Waals surface area contributed by atoms with Crippen molar-refractivity contribution in [2.45, 2.75) is 90.8 Å². The van der Waals surface area contributed by atoms with E-state index >= 15 is 0 Å². The molecule has 0 bridgehead atoms. The number of carboxylic acids is 1. The number of rotatable bonds is 10. The minimum Gasteiger partial charge on any atom is -0.481 e. The molecule has 5 heteroatoms. The molecule has 29 heavy (non-hydrogen) atoms.